The fraction of sp³-hybridized carbons (Fsp3) is 0.667. The number of amides is 2. The number of aryl methyl sites for hydroxylation is 1. The standard InChI is InChI=1S/C15H22N4O3/c1-18-7-10-8-19(13(20)5-6-22-2)9-12(14(10)17-18)15(21)16-11-3-4-11/h7,11-12H,3-6,8-9H2,1-2H3,(H,16,21). The van der Waals surface area contributed by atoms with E-state index in [4.69, 9.17) is 4.74 Å². The summed E-state index contributed by atoms with van der Waals surface area (Å²) in [5.41, 5.74) is 1.76. The molecular weight excluding hydrogens is 284 g/mol. The fourth-order valence-corrected chi connectivity index (χ4v) is 2.82. The highest BCUT2D eigenvalue weighted by Crippen LogP contribution is 2.29. The number of hydrogen-bond acceptors (Lipinski definition) is 4. The third kappa shape index (κ3) is 3.14. The first-order chi connectivity index (χ1) is 10.6. The van der Waals surface area contributed by atoms with Gasteiger partial charge in [-0.15, -0.1) is 0 Å². The number of methoxy groups -OCH3 is 1. The van der Waals surface area contributed by atoms with Gasteiger partial charge >= 0.3 is 0 Å². The summed E-state index contributed by atoms with van der Waals surface area (Å²) in [6, 6.07) is 0.305. The average Bonchev–Trinajstić information content (AvgIpc) is 3.21. The molecule has 2 heterocycles. The predicted octanol–water partition coefficient (Wildman–Crippen LogP) is 0.161. The number of nitrogens with zero attached hydrogens (tertiary/aromatic N) is 3. The molecule has 0 saturated heterocycles. The highest BCUT2D eigenvalue weighted by molar-refractivity contribution is 5.86. The van der Waals surface area contributed by atoms with Gasteiger partial charge in [-0.1, -0.05) is 0 Å². The molecule has 7 nitrogen and oxygen atoms in total. The Morgan fingerprint density at radius 3 is 2.91 bits per heavy atom. The van der Waals surface area contributed by atoms with Crippen molar-refractivity contribution < 1.29 is 14.3 Å². The zero-order valence-corrected chi connectivity index (χ0v) is 13.0. The molecular formula is C15H22N4O3. The van der Waals surface area contributed by atoms with Crippen LogP contribution in [0.3, 0.4) is 0 Å². The van der Waals surface area contributed by atoms with Crippen molar-refractivity contribution in [2.45, 2.75) is 37.8 Å². The Balaban J connectivity index is 1.77. The van der Waals surface area contributed by atoms with E-state index in [1.807, 2.05) is 13.2 Å². The number of nitrogens with one attached hydrogen (secondary N) is 1. The number of ether oxygens (including phenoxy) is 1. The molecule has 120 valence electrons. The summed E-state index contributed by atoms with van der Waals surface area (Å²) in [4.78, 5) is 26.5. The van der Waals surface area contributed by atoms with E-state index >= 15 is 0 Å². The highest BCUT2D eigenvalue weighted by atomic mass is 16.5. The molecule has 0 bridgehead atoms. The van der Waals surface area contributed by atoms with Gasteiger partial charge < -0.3 is 15.0 Å². The van der Waals surface area contributed by atoms with Gasteiger partial charge in [-0.2, -0.15) is 5.10 Å². The van der Waals surface area contributed by atoms with Crippen LogP contribution in [0.5, 0.6) is 0 Å². The minimum Gasteiger partial charge on any atom is -0.384 e. The van der Waals surface area contributed by atoms with Gasteiger partial charge in [0.15, 0.2) is 0 Å². The molecule has 3 rings (SSSR count). The Kier molecular flexibility index (Phi) is 4.15. The van der Waals surface area contributed by atoms with Gasteiger partial charge in [-0.3, -0.25) is 14.3 Å². The number of carbonyl (C=O) groups excluding carboxylic acids is 2. The molecule has 1 aromatic rings. The van der Waals surface area contributed by atoms with Crippen LogP contribution in [0.15, 0.2) is 6.20 Å². The molecule has 1 aliphatic heterocycles. The van der Waals surface area contributed by atoms with Crippen molar-refractivity contribution in [3.8, 4) is 0 Å². The summed E-state index contributed by atoms with van der Waals surface area (Å²) in [5, 5.41) is 7.46. The first-order valence-corrected chi connectivity index (χ1v) is 7.68. The number of aromatic nitrogens is 2. The molecule has 7 heteroatoms. The highest BCUT2D eigenvalue weighted by Gasteiger charge is 2.36. The lowest BCUT2D eigenvalue weighted by molar-refractivity contribution is -0.134. The number of rotatable bonds is 5. The number of hydrogen-bond donors (Lipinski definition) is 1. The summed E-state index contributed by atoms with van der Waals surface area (Å²) in [7, 11) is 3.42. The lowest BCUT2D eigenvalue weighted by Gasteiger charge is -2.31. The van der Waals surface area contributed by atoms with Crippen molar-refractivity contribution in [2.24, 2.45) is 7.05 Å². The van der Waals surface area contributed by atoms with Crippen molar-refractivity contribution >= 4 is 11.8 Å². The van der Waals surface area contributed by atoms with Crippen LogP contribution in [0.25, 0.3) is 0 Å². The molecule has 2 amide bonds. The maximum absolute atomic E-state index is 12.5. The van der Waals surface area contributed by atoms with Crippen LogP contribution in [-0.2, 0) is 27.9 Å². The van der Waals surface area contributed by atoms with Gasteiger partial charge in [-0.25, -0.2) is 0 Å². The first kappa shape index (κ1) is 15.0. The summed E-state index contributed by atoms with van der Waals surface area (Å²) in [6.07, 6.45) is 4.32. The summed E-state index contributed by atoms with van der Waals surface area (Å²) >= 11 is 0. The molecule has 0 radical (unpaired) electrons. The van der Waals surface area contributed by atoms with Crippen molar-refractivity contribution in [2.75, 3.05) is 20.3 Å². The van der Waals surface area contributed by atoms with Gasteiger partial charge in [0.25, 0.3) is 0 Å². The number of fused-ring (bicyclic) bond motifs is 1. The topological polar surface area (TPSA) is 76.5 Å². The Morgan fingerprint density at radius 1 is 1.45 bits per heavy atom. The first-order valence-electron chi connectivity index (χ1n) is 7.68. The molecule has 0 spiro atoms. The van der Waals surface area contributed by atoms with Crippen LogP contribution in [0.4, 0.5) is 0 Å². The zero-order valence-electron chi connectivity index (χ0n) is 13.0. The average molecular weight is 306 g/mol. The normalized spacial score (nSPS) is 20.6. The lowest BCUT2D eigenvalue weighted by Crippen LogP contribution is -2.44. The molecule has 1 aliphatic carbocycles. The Labute approximate surface area is 129 Å². The second-order valence-electron chi connectivity index (χ2n) is 6.07. The van der Waals surface area contributed by atoms with Crippen molar-refractivity contribution in [3.63, 3.8) is 0 Å². The van der Waals surface area contributed by atoms with Crippen LogP contribution >= 0.6 is 0 Å². The fourth-order valence-electron chi connectivity index (χ4n) is 2.82. The van der Waals surface area contributed by atoms with Crippen molar-refractivity contribution in [1.82, 2.24) is 20.0 Å². The largest absolute Gasteiger partial charge is 0.384 e. The van der Waals surface area contributed by atoms with Crippen molar-refractivity contribution in [1.29, 1.82) is 0 Å². The Morgan fingerprint density at radius 2 is 2.23 bits per heavy atom. The molecule has 2 aliphatic rings. The van der Waals surface area contributed by atoms with E-state index in [1.165, 1.54) is 0 Å². The summed E-state index contributed by atoms with van der Waals surface area (Å²) in [5.74, 6) is -0.385. The minimum atomic E-state index is -0.378. The number of carbonyl (C=O) groups is 2. The van der Waals surface area contributed by atoms with Crippen LogP contribution in [0, 0.1) is 0 Å². The van der Waals surface area contributed by atoms with Crippen LogP contribution in [0.2, 0.25) is 0 Å². The molecule has 1 N–H and O–H groups in total. The molecule has 22 heavy (non-hydrogen) atoms. The summed E-state index contributed by atoms with van der Waals surface area (Å²) < 4.78 is 6.68. The van der Waals surface area contributed by atoms with E-state index in [9.17, 15) is 9.59 Å². The third-order valence-electron chi connectivity index (χ3n) is 4.14. The van der Waals surface area contributed by atoms with E-state index in [0.717, 1.165) is 24.1 Å². The SMILES string of the molecule is COCCC(=O)N1Cc2cn(C)nc2C(C(=O)NC2CC2)C1. The maximum Gasteiger partial charge on any atom is 0.231 e. The minimum absolute atomic E-state index is 0.0144. The Hall–Kier alpha value is -1.89. The quantitative estimate of drug-likeness (QED) is 0.841. The Bertz CT molecular complexity index is 579. The van der Waals surface area contributed by atoms with Gasteiger partial charge in [0.2, 0.25) is 11.8 Å². The van der Waals surface area contributed by atoms with Crippen LogP contribution in [-0.4, -0.2) is 52.8 Å². The van der Waals surface area contributed by atoms with Crippen LogP contribution in [0.1, 0.15) is 36.4 Å². The van der Waals surface area contributed by atoms with E-state index in [2.05, 4.69) is 10.4 Å². The smallest absolute Gasteiger partial charge is 0.231 e. The van der Waals surface area contributed by atoms with Gasteiger partial charge in [0.1, 0.15) is 0 Å². The molecule has 1 unspecified atom stereocenters. The van der Waals surface area contributed by atoms with E-state index in [0.29, 0.717) is 32.2 Å². The van der Waals surface area contributed by atoms with Gasteiger partial charge in [0, 0.05) is 45.0 Å². The second kappa shape index (κ2) is 6.08. The van der Waals surface area contributed by atoms with E-state index < -0.39 is 0 Å². The van der Waals surface area contributed by atoms with Gasteiger partial charge in [0.05, 0.1) is 24.6 Å². The molecule has 0 aromatic carbocycles. The zero-order chi connectivity index (χ0) is 15.7. The molecule has 1 saturated carbocycles. The lowest BCUT2D eigenvalue weighted by atomic mass is 9.95. The predicted molar refractivity (Wildman–Crippen MR) is 79.0 cm³/mol. The van der Waals surface area contributed by atoms with Crippen LogP contribution < -0.4 is 5.32 Å². The second-order valence-corrected chi connectivity index (χ2v) is 6.07. The third-order valence-corrected chi connectivity index (χ3v) is 4.14. The maximum atomic E-state index is 12.5. The van der Waals surface area contributed by atoms with E-state index in [1.54, 1.807) is 16.7 Å². The molecule has 1 fully saturated rings. The molecule has 1 atom stereocenters. The van der Waals surface area contributed by atoms with Gasteiger partial charge in [-0.05, 0) is 12.8 Å². The summed E-state index contributed by atoms with van der Waals surface area (Å²) in [6.45, 7) is 1.30. The monoisotopic (exact) mass is 306 g/mol. The van der Waals surface area contributed by atoms with Crippen molar-refractivity contribution in [3.05, 3.63) is 17.5 Å². The molecule has 1 aromatic heterocycles. The van der Waals surface area contributed by atoms with E-state index in [-0.39, 0.29) is 17.7 Å².